The van der Waals surface area contributed by atoms with Crippen molar-refractivity contribution in [1.82, 2.24) is 5.43 Å². The first kappa shape index (κ1) is 17.6. The van der Waals surface area contributed by atoms with Gasteiger partial charge < -0.3 is 0 Å². The second-order valence-electron chi connectivity index (χ2n) is 6.31. The van der Waals surface area contributed by atoms with Crippen molar-refractivity contribution in [2.45, 2.75) is 19.8 Å². The Kier molecular flexibility index (Phi) is 5.59. The van der Waals surface area contributed by atoms with Crippen LogP contribution in [0.25, 0.3) is 0 Å². The molecule has 0 heterocycles. The van der Waals surface area contributed by atoms with Gasteiger partial charge >= 0.3 is 0 Å². The zero-order valence-electron chi connectivity index (χ0n) is 15.0. The summed E-state index contributed by atoms with van der Waals surface area (Å²) in [6, 6.07) is 27.8. The van der Waals surface area contributed by atoms with Gasteiger partial charge in [-0.15, -0.1) is 0 Å². The van der Waals surface area contributed by atoms with Crippen molar-refractivity contribution < 1.29 is 4.79 Å². The maximum absolute atomic E-state index is 12.3. The van der Waals surface area contributed by atoms with Crippen LogP contribution in [-0.4, -0.2) is 11.6 Å². The average molecular weight is 342 g/mol. The molecule has 0 unspecified atom stereocenters. The Balaban J connectivity index is 1.85. The van der Waals surface area contributed by atoms with Gasteiger partial charge in [0.15, 0.2) is 0 Å². The molecular formula is C23H22N2O. The van der Waals surface area contributed by atoms with Crippen molar-refractivity contribution in [1.29, 1.82) is 0 Å². The third-order valence-corrected chi connectivity index (χ3v) is 4.33. The second-order valence-corrected chi connectivity index (χ2v) is 6.31. The van der Waals surface area contributed by atoms with Gasteiger partial charge in [-0.25, -0.2) is 5.43 Å². The van der Waals surface area contributed by atoms with E-state index in [1.165, 1.54) is 0 Å². The molecule has 0 saturated carbocycles. The number of hydrogen-bond acceptors (Lipinski definition) is 2. The molecule has 0 aliphatic heterocycles. The van der Waals surface area contributed by atoms with Crippen LogP contribution in [0.3, 0.4) is 0 Å². The molecule has 130 valence electrons. The Bertz CT molecular complexity index is 845. The molecular weight excluding hydrogens is 320 g/mol. The fourth-order valence-electron chi connectivity index (χ4n) is 2.94. The van der Waals surface area contributed by atoms with Gasteiger partial charge in [-0.3, -0.25) is 4.79 Å². The summed E-state index contributed by atoms with van der Waals surface area (Å²) in [6.07, 6.45) is 0. The molecule has 26 heavy (non-hydrogen) atoms. The number of carbonyl (C=O) groups excluding carboxylic acids is 1. The molecule has 1 N–H and O–H groups in total. The van der Waals surface area contributed by atoms with Crippen LogP contribution < -0.4 is 5.43 Å². The van der Waals surface area contributed by atoms with Crippen molar-refractivity contribution in [3.05, 3.63) is 107 Å². The summed E-state index contributed by atoms with van der Waals surface area (Å²) in [7, 11) is 0. The summed E-state index contributed by atoms with van der Waals surface area (Å²) in [5.41, 5.74) is 7.53. The van der Waals surface area contributed by atoms with Crippen molar-refractivity contribution in [3.63, 3.8) is 0 Å². The third kappa shape index (κ3) is 4.25. The maximum Gasteiger partial charge on any atom is 0.271 e. The van der Waals surface area contributed by atoms with Crippen LogP contribution >= 0.6 is 0 Å². The van der Waals surface area contributed by atoms with E-state index in [2.05, 4.69) is 34.8 Å². The van der Waals surface area contributed by atoms with Gasteiger partial charge in [-0.2, -0.15) is 5.10 Å². The molecule has 3 nitrogen and oxygen atoms in total. The minimum absolute atomic E-state index is 0.00396. The largest absolute Gasteiger partial charge is 0.271 e. The van der Waals surface area contributed by atoms with Crippen LogP contribution in [0.5, 0.6) is 0 Å². The topological polar surface area (TPSA) is 41.5 Å². The molecule has 0 aromatic heterocycles. The molecule has 0 bridgehead atoms. The smallest absolute Gasteiger partial charge is 0.267 e. The second kappa shape index (κ2) is 8.26. The molecule has 0 spiro atoms. The lowest BCUT2D eigenvalue weighted by Crippen LogP contribution is -2.21. The Hall–Kier alpha value is -3.20. The van der Waals surface area contributed by atoms with Crippen molar-refractivity contribution in [2.75, 3.05) is 0 Å². The van der Waals surface area contributed by atoms with E-state index in [1.54, 1.807) is 12.1 Å². The normalized spacial score (nSPS) is 11.4. The highest BCUT2D eigenvalue weighted by atomic mass is 16.2. The summed E-state index contributed by atoms with van der Waals surface area (Å²) in [5, 5.41) is 4.39. The van der Waals surface area contributed by atoms with E-state index in [0.29, 0.717) is 5.56 Å². The van der Waals surface area contributed by atoms with E-state index in [0.717, 1.165) is 22.4 Å². The maximum atomic E-state index is 12.3. The average Bonchev–Trinajstić information content (AvgIpc) is 2.68. The first-order valence-corrected chi connectivity index (χ1v) is 8.66. The molecule has 3 heteroatoms. The van der Waals surface area contributed by atoms with Crippen LogP contribution in [-0.2, 0) is 0 Å². The van der Waals surface area contributed by atoms with E-state index in [4.69, 9.17) is 0 Å². The van der Waals surface area contributed by atoms with E-state index >= 15 is 0 Å². The number of nitrogens with zero attached hydrogens (tertiary/aromatic N) is 1. The molecule has 0 saturated heterocycles. The highest BCUT2D eigenvalue weighted by Crippen LogP contribution is 2.26. The van der Waals surface area contributed by atoms with E-state index in [-0.39, 0.29) is 11.8 Å². The highest BCUT2D eigenvalue weighted by Gasteiger charge is 2.17. The monoisotopic (exact) mass is 342 g/mol. The summed E-state index contributed by atoms with van der Waals surface area (Å²) < 4.78 is 0. The molecule has 0 fully saturated rings. The Morgan fingerprint density at radius 1 is 0.808 bits per heavy atom. The van der Waals surface area contributed by atoms with Crippen LogP contribution in [0.2, 0.25) is 0 Å². The van der Waals surface area contributed by atoms with Crippen molar-refractivity contribution in [2.24, 2.45) is 5.10 Å². The number of carbonyl (C=O) groups is 1. The van der Waals surface area contributed by atoms with Gasteiger partial charge in [0.2, 0.25) is 0 Å². The lowest BCUT2D eigenvalue weighted by Gasteiger charge is -2.18. The fourth-order valence-corrected chi connectivity index (χ4v) is 2.94. The Morgan fingerprint density at radius 2 is 1.31 bits per heavy atom. The van der Waals surface area contributed by atoms with Gasteiger partial charge in [0.25, 0.3) is 5.91 Å². The molecule has 3 rings (SSSR count). The summed E-state index contributed by atoms with van der Waals surface area (Å²) >= 11 is 0. The predicted molar refractivity (Wildman–Crippen MR) is 106 cm³/mol. The minimum atomic E-state index is -0.204. The van der Waals surface area contributed by atoms with Gasteiger partial charge in [-0.05, 0) is 37.1 Å². The number of hydrogen-bond donors (Lipinski definition) is 1. The lowest BCUT2D eigenvalue weighted by atomic mass is 9.88. The van der Waals surface area contributed by atoms with Crippen molar-refractivity contribution in [3.8, 4) is 0 Å². The quantitative estimate of drug-likeness (QED) is 0.518. The van der Waals surface area contributed by atoms with Crippen LogP contribution in [0.15, 0.2) is 90.0 Å². The summed E-state index contributed by atoms with van der Waals surface area (Å²) in [4.78, 5) is 12.3. The highest BCUT2D eigenvalue weighted by molar-refractivity contribution is 5.97. The lowest BCUT2D eigenvalue weighted by molar-refractivity contribution is 0.0954. The predicted octanol–water partition coefficient (Wildman–Crippen LogP) is 4.93. The Labute approximate surface area is 154 Å². The molecule has 0 radical (unpaired) electrons. The number of nitrogens with one attached hydrogen (secondary N) is 1. The number of aryl methyl sites for hydroxylation is 1. The molecule has 3 aromatic rings. The van der Waals surface area contributed by atoms with Gasteiger partial charge in [0.1, 0.15) is 0 Å². The van der Waals surface area contributed by atoms with Gasteiger partial charge in [0, 0.05) is 17.2 Å². The zero-order chi connectivity index (χ0) is 18.4. The number of hydrazone groups is 1. The van der Waals surface area contributed by atoms with Crippen LogP contribution in [0, 0.1) is 6.92 Å². The molecule has 0 aliphatic rings. The number of rotatable bonds is 5. The van der Waals surface area contributed by atoms with Gasteiger partial charge in [-0.1, -0.05) is 78.4 Å². The summed E-state index contributed by atoms with van der Waals surface area (Å²) in [5.74, 6) is -0.208. The van der Waals surface area contributed by atoms with Crippen LogP contribution in [0.1, 0.15) is 39.9 Å². The van der Waals surface area contributed by atoms with E-state index < -0.39 is 0 Å². The fraction of sp³-hybridized carbons (Fsp3) is 0.130. The first-order chi connectivity index (χ1) is 12.6. The Morgan fingerprint density at radius 3 is 1.81 bits per heavy atom. The van der Waals surface area contributed by atoms with Crippen molar-refractivity contribution >= 4 is 11.6 Å². The van der Waals surface area contributed by atoms with E-state index in [9.17, 15) is 4.79 Å². The third-order valence-electron chi connectivity index (χ3n) is 4.33. The summed E-state index contributed by atoms with van der Waals surface area (Å²) in [6.45, 7) is 3.94. The molecule has 0 aliphatic carbocycles. The van der Waals surface area contributed by atoms with Crippen LogP contribution in [0.4, 0.5) is 0 Å². The first-order valence-electron chi connectivity index (χ1n) is 8.66. The SMILES string of the molecule is C/C(=N\NC(=O)c1ccc(C)cc1)C(c1ccccc1)c1ccccc1. The molecule has 3 aromatic carbocycles. The number of benzene rings is 3. The standard InChI is InChI=1S/C23H22N2O/c1-17-13-15-21(16-14-17)23(26)25-24-18(2)22(19-9-5-3-6-10-19)20-11-7-4-8-12-20/h3-16,22H,1-2H3,(H,25,26)/b24-18+. The molecule has 0 atom stereocenters. The zero-order valence-corrected chi connectivity index (χ0v) is 15.0. The van der Waals surface area contributed by atoms with Gasteiger partial charge in [0.05, 0.1) is 0 Å². The molecule has 1 amide bonds. The minimum Gasteiger partial charge on any atom is -0.267 e. The number of amides is 1. The van der Waals surface area contributed by atoms with E-state index in [1.807, 2.05) is 62.4 Å².